The molecule has 1 saturated carbocycles. The number of likely N-dealkylation sites (tertiary alicyclic amines) is 1. The van der Waals surface area contributed by atoms with Gasteiger partial charge in [0, 0.05) is 32.1 Å². The van der Waals surface area contributed by atoms with Crippen LogP contribution in [0.2, 0.25) is 0 Å². The Morgan fingerprint density at radius 3 is 2.30 bits per heavy atom. The standard InChI is InChI=1S/C25H36N2O6/c1-24(2,3)33-22(30)26-15-13-25(14-16-26,12-11-21(28)29)18-27(20-9-10-20)23(31)32-17-19-7-5-4-6-8-19/h4-8,20H,9-18H2,1-3H3,(H,28,29). The average molecular weight is 461 g/mol. The lowest BCUT2D eigenvalue weighted by atomic mass is 9.74. The molecule has 0 aromatic heterocycles. The van der Waals surface area contributed by atoms with E-state index in [-0.39, 0.29) is 36.7 Å². The number of nitrogens with zero attached hydrogens (tertiary/aromatic N) is 2. The normalized spacial score (nSPS) is 17.8. The fraction of sp³-hybridized carbons (Fsp3) is 0.640. The molecule has 1 N–H and O–H groups in total. The molecular formula is C25H36N2O6. The number of ether oxygens (including phenoxy) is 2. The van der Waals surface area contributed by atoms with Crippen molar-refractivity contribution in [1.29, 1.82) is 0 Å². The molecule has 1 aromatic carbocycles. The van der Waals surface area contributed by atoms with Crippen LogP contribution in [-0.2, 0) is 20.9 Å². The molecule has 2 amide bonds. The number of hydrogen-bond donors (Lipinski definition) is 1. The first-order valence-corrected chi connectivity index (χ1v) is 11.7. The Balaban J connectivity index is 1.65. The SMILES string of the molecule is CC(C)(C)OC(=O)N1CCC(CCC(=O)O)(CN(C(=O)OCc2ccccc2)C2CC2)CC1. The van der Waals surface area contributed by atoms with Crippen LogP contribution in [0.1, 0.15) is 64.9 Å². The van der Waals surface area contributed by atoms with Crippen molar-refractivity contribution in [3.05, 3.63) is 35.9 Å². The maximum Gasteiger partial charge on any atom is 0.410 e. The molecule has 1 heterocycles. The molecule has 2 fully saturated rings. The Bertz CT molecular complexity index is 823. The number of carbonyl (C=O) groups excluding carboxylic acids is 2. The first-order chi connectivity index (χ1) is 15.6. The molecule has 2 aliphatic rings. The highest BCUT2D eigenvalue weighted by molar-refractivity contribution is 5.69. The van der Waals surface area contributed by atoms with Gasteiger partial charge in [-0.15, -0.1) is 0 Å². The minimum atomic E-state index is -0.853. The molecule has 0 bridgehead atoms. The summed E-state index contributed by atoms with van der Waals surface area (Å²) in [4.78, 5) is 40.3. The van der Waals surface area contributed by atoms with Gasteiger partial charge < -0.3 is 24.4 Å². The highest BCUT2D eigenvalue weighted by atomic mass is 16.6. The lowest BCUT2D eigenvalue weighted by Gasteiger charge is -2.44. The lowest BCUT2D eigenvalue weighted by Crippen LogP contribution is -2.50. The molecule has 1 saturated heterocycles. The van der Waals surface area contributed by atoms with Crippen LogP contribution in [0.25, 0.3) is 0 Å². The van der Waals surface area contributed by atoms with E-state index >= 15 is 0 Å². The van der Waals surface area contributed by atoms with Crippen molar-refractivity contribution in [2.45, 2.75) is 77.5 Å². The van der Waals surface area contributed by atoms with Crippen LogP contribution in [0.15, 0.2) is 30.3 Å². The molecule has 8 heteroatoms. The topological polar surface area (TPSA) is 96.4 Å². The summed E-state index contributed by atoms with van der Waals surface area (Å²) in [6, 6.07) is 9.68. The highest BCUT2D eigenvalue weighted by Gasteiger charge is 2.43. The summed E-state index contributed by atoms with van der Waals surface area (Å²) in [6.45, 7) is 7.11. The largest absolute Gasteiger partial charge is 0.481 e. The zero-order valence-corrected chi connectivity index (χ0v) is 19.9. The first kappa shape index (κ1) is 24.9. The fourth-order valence-corrected chi connectivity index (χ4v) is 4.24. The molecule has 33 heavy (non-hydrogen) atoms. The zero-order chi connectivity index (χ0) is 24.1. The molecule has 182 valence electrons. The van der Waals surface area contributed by atoms with Crippen LogP contribution in [0.3, 0.4) is 0 Å². The second-order valence-electron chi connectivity index (χ2n) is 10.3. The molecule has 0 atom stereocenters. The summed E-state index contributed by atoms with van der Waals surface area (Å²) in [5.74, 6) is -0.853. The minimum Gasteiger partial charge on any atom is -0.481 e. The second kappa shape index (κ2) is 10.4. The Morgan fingerprint density at radius 2 is 1.76 bits per heavy atom. The van der Waals surface area contributed by atoms with Crippen LogP contribution in [0.5, 0.6) is 0 Å². The van der Waals surface area contributed by atoms with E-state index < -0.39 is 11.6 Å². The summed E-state index contributed by atoms with van der Waals surface area (Å²) in [5.41, 5.74) is -0.0151. The summed E-state index contributed by atoms with van der Waals surface area (Å²) in [7, 11) is 0. The summed E-state index contributed by atoms with van der Waals surface area (Å²) in [5, 5.41) is 9.31. The predicted molar refractivity (Wildman–Crippen MR) is 123 cm³/mol. The molecular weight excluding hydrogens is 424 g/mol. The van der Waals surface area contributed by atoms with Gasteiger partial charge in [-0.2, -0.15) is 0 Å². The monoisotopic (exact) mass is 460 g/mol. The second-order valence-corrected chi connectivity index (χ2v) is 10.3. The van der Waals surface area contributed by atoms with E-state index in [2.05, 4.69) is 0 Å². The quantitative estimate of drug-likeness (QED) is 0.606. The number of rotatable bonds is 8. The van der Waals surface area contributed by atoms with Crippen molar-refractivity contribution >= 4 is 18.2 Å². The molecule has 0 unspecified atom stereocenters. The molecule has 1 aliphatic carbocycles. The number of carbonyl (C=O) groups is 3. The Hall–Kier alpha value is -2.77. The first-order valence-electron chi connectivity index (χ1n) is 11.7. The van der Waals surface area contributed by atoms with Gasteiger partial charge in [0.25, 0.3) is 0 Å². The number of carboxylic acids is 1. The maximum atomic E-state index is 13.0. The third-order valence-corrected chi connectivity index (χ3v) is 6.28. The van der Waals surface area contributed by atoms with Gasteiger partial charge in [-0.25, -0.2) is 9.59 Å². The van der Waals surface area contributed by atoms with E-state index in [1.165, 1.54) is 0 Å². The van der Waals surface area contributed by atoms with Crippen LogP contribution >= 0.6 is 0 Å². The van der Waals surface area contributed by atoms with Crippen LogP contribution < -0.4 is 0 Å². The predicted octanol–water partition coefficient (Wildman–Crippen LogP) is 4.67. The van der Waals surface area contributed by atoms with Crippen molar-refractivity contribution in [2.24, 2.45) is 5.41 Å². The van der Waals surface area contributed by atoms with Crippen molar-refractivity contribution < 1.29 is 29.0 Å². The number of carboxylic acid groups (broad SMARTS) is 1. The summed E-state index contributed by atoms with van der Waals surface area (Å²) >= 11 is 0. The average Bonchev–Trinajstić information content (AvgIpc) is 3.60. The van der Waals surface area contributed by atoms with Crippen molar-refractivity contribution in [2.75, 3.05) is 19.6 Å². The van der Waals surface area contributed by atoms with Gasteiger partial charge in [0.05, 0.1) is 0 Å². The Kier molecular flexibility index (Phi) is 7.87. The summed E-state index contributed by atoms with van der Waals surface area (Å²) in [6.07, 6.45) is 2.88. The Labute approximate surface area is 195 Å². The molecule has 3 rings (SSSR count). The third-order valence-electron chi connectivity index (χ3n) is 6.28. The number of aliphatic carboxylic acids is 1. The maximum absolute atomic E-state index is 13.0. The number of hydrogen-bond acceptors (Lipinski definition) is 5. The van der Waals surface area contributed by atoms with E-state index in [0.29, 0.717) is 38.9 Å². The van der Waals surface area contributed by atoms with Gasteiger partial charge >= 0.3 is 18.2 Å². The fourth-order valence-electron chi connectivity index (χ4n) is 4.24. The van der Waals surface area contributed by atoms with E-state index in [0.717, 1.165) is 18.4 Å². The van der Waals surface area contributed by atoms with E-state index in [9.17, 15) is 19.5 Å². The molecule has 8 nitrogen and oxygen atoms in total. The zero-order valence-electron chi connectivity index (χ0n) is 19.9. The molecule has 0 radical (unpaired) electrons. The van der Waals surface area contributed by atoms with E-state index in [4.69, 9.17) is 9.47 Å². The van der Waals surface area contributed by atoms with Gasteiger partial charge in [-0.3, -0.25) is 4.79 Å². The minimum absolute atomic E-state index is 0.0318. The van der Waals surface area contributed by atoms with Crippen molar-refractivity contribution in [1.82, 2.24) is 9.80 Å². The van der Waals surface area contributed by atoms with Crippen LogP contribution in [0, 0.1) is 5.41 Å². The van der Waals surface area contributed by atoms with Crippen molar-refractivity contribution in [3.8, 4) is 0 Å². The van der Waals surface area contributed by atoms with Gasteiger partial charge in [-0.05, 0) is 63.9 Å². The number of piperidine rings is 1. The van der Waals surface area contributed by atoms with Crippen molar-refractivity contribution in [3.63, 3.8) is 0 Å². The number of amides is 2. The molecule has 1 aromatic rings. The van der Waals surface area contributed by atoms with Crippen LogP contribution in [0.4, 0.5) is 9.59 Å². The van der Waals surface area contributed by atoms with Crippen LogP contribution in [-0.4, -0.2) is 64.3 Å². The molecule has 1 aliphatic heterocycles. The summed E-state index contributed by atoms with van der Waals surface area (Å²) < 4.78 is 11.1. The van der Waals surface area contributed by atoms with Gasteiger partial charge in [-0.1, -0.05) is 30.3 Å². The van der Waals surface area contributed by atoms with Gasteiger partial charge in [0.1, 0.15) is 12.2 Å². The van der Waals surface area contributed by atoms with E-state index in [1.807, 2.05) is 51.1 Å². The number of benzene rings is 1. The molecule has 0 spiro atoms. The van der Waals surface area contributed by atoms with Gasteiger partial charge in [0.2, 0.25) is 0 Å². The third kappa shape index (κ3) is 7.65. The Morgan fingerprint density at radius 1 is 1.12 bits per heavy atom. The van der Waals surface area contributed by atoms with E-state index in [1.54, 1.807) is 9.80 Å². The van der Waals surface area contributed by atoms with Gasteiger partial charge in [0.15, 0.2) is 0 Å². The smallest absolute Gasteiger partial charge is 0.410 e. The highest BCUT2D eigenvalue weighted by Crippen LogP contribution is 2.40. The lowest BCUT2D eigenvalue weighted by molar-refractivity contribution is -0.138.